The molecule has 0 aliphatic heterocycles. The topological polar surface area (TPSA) is 35.8 Å². The number of rotatable bonds is 7. The van der Waals surface area contributed by atoms with Crippen LogP contribution in [0.4, 0.5) is 0 Å². The van der Waals surface area contributed by atoms with Gasteiger partial charge in [0.15, 0.2) is 0 Å². The van der Waals surface area contributed by atoms with Crippen molar-refractivity contribution in [3.63, 3.8) is 0 Å². The van der Waals surface area contributed by atoms with Gasteiger partial charge in [0.2, 0.25) is 0 Å². The van der Waals surface area contributed by atoms with E-state index in [1.165, 1.54) is 5.75 Å². The van der Waals surface area contributed by atoms with Crippen LogP contribution >= 0.6 is 11.8 Å². The minimum atomic E-state index is -0.190. The van der Waals surface area contributed by atoms with Crippen molar-refractivity contribution >= 4 is 11.8 Å². The lowest BCUT2D eigenvalue weighted by Crippen LogP contribution is -2.31. The van der Waals surface area contributed by atoms with Gasteiger partial charge in [0.05, 0.1) is 11.5 Å². The second-order valence-corrected chi connectivity index (χ2v) is 5.58. The van der Waals surface area contributed by atoms with Gasteiger partial charge in [0.25, 0.3) is 0 Å². The Bertz CT molecular complexity index is 184. The molecule has 0 fully saturated rings. The molecule has 0 aromatic heterocycles. The monoisotopic (exact) mass is 214 g/mol. The summed E-state index contributed by atoms with van der Waals surface area (Å²) in [5.74, 6) is 2.33. The lowest BCUT2D eigenvalue weighted by Gasteiger charge is -2.18. The molecule has 14 heavy (non-hydrogen) atoms. The van der Waals surface area contributed by atoms with Gasteiger partial charge in [-0.05, 0) is 39.5 Å². The molecule has 0 rings (SSSR count). The molecule has 82 valence electrons. The maximum atomic E-state index is 8.82. The van der Waals surface area contributed by atoms with Crippen molar-refractivity contribution in [2.75, 3.05) is 18.1 Å². The fourth-order valence-electron chi connectivity index (χ4n) is 1.04. The number of nitriles is 1. The Kier molecular flexibility index (Phi) is 7.04. The minimum Gasteiger partial charge on any atom is -0.313 e. The summed E-state index contributed by atoms with van der Waals surface area (Å²) in [7, 11) is 0. The third-order valence-corrected chi connectivity index (χ3v) is 3.26. The van der Waals surface area contributed by atoms with Crippen LogP contribution < -0.4 is 5.32 Å². The summed E-state index contributed by atoms with van der Waals surface area (Å²) in [5, 5.41) is 12.3. The van der Waals surface area contributed by atoms with Gasteiger partial charge < -0.3 is 5.32 Å². The van der Waals surface area contributed by atoms with Crippen LogP contribution in [0.5, 0.6) is 0 Å². The van der Waals surface area contributed by atoms with Crippen LogP contribution in [0, 0.1) is 16.7 Å². The van der Waals surface area contributed by atoms with Crippen LogP contribution in [-0.4, -0.2) is 24.1 Å². The zero-order valence-electron chi connectivity index (χ0n) is 9.76. The summed E-state index contributed by atoms with van der Waals surface area (Å²) in [6.45, 7) is 9.28. The molecular formula is C11H22N2S. The first-order chi connectivity index (χ1) is 6.52. The lowest BCUT2D eigenvalue weighted by molar-refractivity contribution is 0.421. The average molecular weight is 214 g/mol. The van der Waals surface area contributed by atoms with Crippen molar-refractivity contribution in [2.45, 2.75) is 40.2 Å². The normalized spacial score (nSPS) is 13.6. The molecule has 0 aliphatic carbocycles. The molecule has 2 nitrogen and oxygen atoms in total. The fourth-order valence-corrected chi connectivity index (χ4v) is 1.75. The predicted molar refractivity (Wildman–Crippen MR) is 64.5 cm³/mol. The summed E-state index contributed by atoms with van der Waals surface area (Å²) < 4.78 is 0. The van der Waals surface area contributed by atoms with Crippen molar-refractivity contribution in [3.8, 4) is 6.07 Å². The van der Waals surface area contributed by atoms with Crippen LogP contribution in [-0.2, 0) is 0 Å². The Labute approximate surface area is 92.5 Å². The number of hydrogen-bond acceptors (Lipinski definition) is 3. The molecule has 0 radical (unpaired) electrons. The molecule has 1 atom stereocenters. The molecule has 0 heterocycles. The van der Waals surface area contributed by atoms with Gasteiger partial charge in [-0.15, -0.1) is 0 Å². The Morgan fingerprint density at radius 2 is 2.14 bits per heavy atom. The first-order valence-corrected chi connectivity index (χ1v) is 6.39. The van der Waals surface area contributed by atoms with E-state index in [4.69, 9.17) is 5.26 Å². The van der Waals surface area contributed by atoms with E-state index in [-0.39, 0.29) is 5.41 Å². The van der Waals surface area contributed by atoms with Crippen LogP contribution in [0.2, 0.25) is 0 Å². The van der Waals surface area contributed by atoms with Gasteiger partial charge in [0.1, 0.15) is 0 Å². The smallest absolute Gasteiger partial charge is 0.0684 e. The first-order valence-electron chi connectivity index (χ1n) is 5.24. The highest BCUT2D eigenvalue weighted by molar-refractivity contribution is 7.99. The van der Waals surface area contributed by atoms with Gasteiger partial charge in [0, 0.05) is 11.8 Å². The standard InChI is InChI=1S/C11H22N2S/c1-5-14-8-10(2)13-7-6-11(3,4)9-12/h10,13H,5-8H2,1-4H3. The van der Waals surface area contributed by atoms with E-state index in [9.17, 15) is 0 Å². The Hall–Kier alpha value is -0.200. The number of hydrogen-bond donors (Lipinski definition) is 1. The molecule has 0 amide bonds. The molecule has 1 unspecified atom stereocenters. The third kappa shape index (κ3) is 7.23. The summed E-state index contributed by atoms with van der Waals surface area (Å²) in [6.07, 6.45) is 0.921. The molecule has 0 saturated carbocycles. The van der Waals surface area contributed by atoms with Crippen LogP contribution in [0.3, 0.4) is 0 Å². The zero-order valence-corrected chi connectivity index (χ0v) is 10.6. The molecule has 0 spiro atoms. The maximum absolute atomic E-state index is 8.82. The molecule has 3 heteroatoms. The van der Waals surface area contributed by atoms with E-state index in [1.807, 2.05) is 25.6 Å². The SMILES string of the molecule is CCSCC(C)NCCC(C)(C)C#N. The highest BCUT2D eigenvalue weighted by Gasteiger charge is 2.15. The molecule has 0 bridgehead atoms. The van der Waals surface area contributed by atoms with E-state index < -0.39 is 0 Å². The van der Waals surface area contributed by atoms with Crippen LogP contribution in [0.25, 0.3) is 0 Å². The van der Waals surface area contributed by atoms with Gasteiger partial charge in [-0.1, -0.05) is 6.92 Å². The lowest BCUT2D eigenvalue weighted by atomic mass is 9.91. The number of nitrogens with one attached hydrogen (secondary N) is 1. The molecule has 0 aromatic rings. The minimum absolute atomic E-state index is 0.190. The fraction of sp³-hybridized carbons (Fsp3) is 0.909. The average Bonchev–Trinajstić information content (AvgIpc) is 2.14. The summed E-state index contributed by atoms with van der Waals surface area (Å²) >= 11 is 1.95. The summed E-state index contributed by atoms with van der Waals surface area (Å²) in [4.78, 5) is 0. The first kappa shape index (κ1) is 13.8. The molecule has 0 aromatic carbocycles. The molecule has 0 aliphatic rings. The molecule has 1 N–H and O–H groups in total. The summed E-state index contributed by atoms with van der Waals surface area (Å²) in [5.41, 5.74) is -0.190. The quantitative estimate of drug-likeness (QED) is 0.708. The Morgan fingerprint density at radius 3 is 2.64 bits per heavy atom. The van der Waals surface area contributed by atoms with Gasteiger partial charge in [-0.25, -0.2) is 0 Å². The van der Waals surface area contributed by atoms with E-state index in [1.54, 1.807) is 0 Å². The number of nitrogens with zero attached hydrogens (tertiary/aromatic N) is 1. The second kappa shape index (κ2) is 7.14. The Balaban J connectivity index is 3.50. The van der Waals surface area contributed by atoms with E-state index in [2.05, 4.69) is 25.2 Å². The van der Waals surface area contributed by atoms with E-state index >= 15 is 0 Å². The predicted octanol–water partition coefficient (Wildman–Crippen LogP) is 2.66. The van der Waals surface area contributed by atoms with Crippen LogP contribution in [0.15, 0.2) is 0 Å². The summed E-state index contributed by atoms with van der Waals surface area (Å²) in [6, 6.07) is 2.86. The van der Waals surface area contributed by atoms with Gasteiger partial charge in [-0.2, -0.15) is 17.0 Å². The Morgan fingerprint density at radius 1 is 1.50 bits per heavy atom. The van der Waals surface area contributed by atoms with E-state index in [0.717, 1.165) is 18.7 Å². The van der Waals surface area contributed by atoms with Crippen molar-refractivity contribution in [3.05, 3.63) is 0 Å². The van der Waals surface area contributed by atoms with Gasteiger partial charge >= 0.3 is 0 Å². The highest BCUT2D eigenvalue weighted by atomic mass is 32.2. The maximum Gasteiger partial charge on any atom is 0.0684 e. The van der Waals surface area contributed by atoms with Crippen molar-refractivity contribution in [1.82, 2.24) is 5.32 Å². The second-order valence-electron chi connectivity index (χ2n) is 4.26. The van der Waals surface area contributed by atoms with Gasteiger partial charge in [-0.3, -0.25) is 0 Å². The molecular weight excluding hydrogens is 192 g/mol. The van der Waals surface area contributed by atoms with E-state index in [0.29, 0.717) is 6.04 Å². The molecule has 0 saturated heterocycles. The van der Waals surface area contributed by atoms with Crippen molar-refractivity contribution in [2.24, 2.45) is 5.41 Å². The van der Waals surface area contributed by atoms with Crippen molar-refractivity contribution in [1.29, 1.82) is 5.26 Å². The number of thioether (sulfide) groups is 1. The largest absolute Gasteiger partial charge is 0.313 e. The van der Waals surface area contributed by atoms with Crippen LogP contribution in [0.1, 0.15) is 34.1 Å². The highest BCUT2D eigenvalue weighted by Crippen LogP contribution is 2.17. The zero-order chi connectivity index (χ0) is 11.0. The van der Waals surface area contributed by atoms with Crippen molar-refractivity contribution < 1.29 is 0 Å². The third-order valence-electron chi connectivity index (χ3n) is 2.12.